The number of rotatable bonds is 2. The molecule has 1 aromatic rings. The fourth-order valence-electron chi connectivity index (χ4n) is 2.55. The molecule has 2 nitrogen and oxygen atoms in total. The molecule has 2 N–H and O–H groups in total. The van der Waals surface area contributed by atoms with E-state index < -0.39 is 17.5 Å². The van der Waals surface area contributed by atoms with E-state index >= 15 is 0 Å². The van der Waals surface area contributed by atoms with E-state index in [0.29, 0.717) is 25.7 Å². The molecule has 0 heterocycles. The summed E-state index contributed by atoms with van der Waals surface area (Å²) in [4.78, 5) is 12.2. The highest BCUT2D eigenvalue weighted by atomic mass is 19.4. The number of benzene rings is 1. The van der Waals surface area contributed by atoms with Crippen LogP contribution in [-0.2, 0) is 6.18 Å². The van der Waals surface area contributed by atoms with Crippen molar-refractivity contribution in [1.29, 1.82) is 0 Å². The van der Waals surface area contributed by atoms with E-state index in [4.69, 9.17) is 5.73 Å². The van der Waals surface area contributed by atoms with Crippen molar-refractivity contribution >= 4 is 5.78 Å². The molecule has 0 unspecified atom stereocenters. The van der Waals surface area contributed by atoms with Crippen LogP contribution in [0.5, 0.6) is 0 Å². The van der Waals surface area contributed by atoms with Crippen molar-refractivity contribution in [2.45, 2.75) is 37.9 Å². The first-order valence-electron chi connectivity index (χ1n) is 6.35. The van der Waals surface area contributed by atoms with Gasteiger partial charge in [-0.25, -0.2) is 0 Å². The number of carbonyl (C=O) groups is 1. The third kappa shape index (κ3) is 3.15. The first-order chi connectivity index (χ1) is 8.89. The topological polar surface area (TPSA) is 43.1 Å². The van der Waals surface area contributed by atoms with Crippen molar-refractivity contribution in [1.82, 2.24) is 0 Å². The van der Waals surface area contributed by atoms with Crippen LogP contribution in [-0.4, -0.2) is 11.8 Å². The Hall–Kier alpha value is -1.36. The van der Waals surface area contributed by atoms with Gasteiger partial charge in [-0.3, -0.25) is 4.79 Å². The molecule has 5 heteroatoms. The molecule has 1 aromatic carbocycles. The molecule has 0 amide bonds. The van der Waals surface area contributed by atoms with Crippen LogP contribution < -0.4 is 5.73 Å². The summed E-state index contributed by atoms with van der Waals surface area (Å²) in [5, 5.41) is 0. The highest BCUT2D eigenvalue weighted by molar-refractivity contribution is 5.99. The number of nitrogens with two attached hydrogens (primary N) is 1. The van der Waals surface area contributed by atoms with E-state index in [1.807, 2.05) is 0 Å². The average Bonchev–Trinajstić information content (AvgIpc) is 2.38. The first-order valence-corrected chi connectivity index (χ1v) is 6.35. The Labute approximate surface area is 109 Å². The van der Waals surface area contributed by atoms with Gasteiger partial charge in [-0.05, 0) is 31.7 Å². The highest BCUT2D eigenvalue weighted by Gasteiger charge is 2.36. The molecule has 0 spiro atoms. The summed E-state index contributed by atoms with van der Waals surface area (Å²) in [5.74, 6) is -0.733. The van der Waals surface area contributed by atoms with Crippen LogP contribution >= 0.6 is 0 Å². The molecule has 19 heavy (non-hydrogen) atoms. The van der Waals surface area contributed by atoms with Crippen LogP contribution in [0.15, 0.2) is 24.3 Å². The lowest BCUT2D eigenvalue weighted by Crippen LogP contribution is -2.30. The fourth-order valence-corrected chi connectivity index (χ4v) is 2.55. The zero-order valence-corrected chi connectivity index (χ0v) is 10.4. The average molecular weight is 271 g/mol. The van der Waals surface area contributed by atoms with Gasteiger partial charge in [0.25, 0.3) is 0 Å². The van der Waals surface area contributed by atoms with Gasteiger partial charge in [-0.2, -0.15) is 13.2 Å². The van der Waals surface area contributed by atoms with Crippen molar-refractivity contribution in [3.05, 3.63) is 35.4 Å². The van der Waals surface area contributed by atoms with Gasteiger partial charge in [0, 0.05) is 17.5 Å². The van der Waals surface area contributed by atoms with Crippen molar-refractivity contribution < 1.29 is 18.0 Å². The monoisotopic (exact) mass is 271 g/mol. The summed E-state index contributed by atoms with van der Waals surface area (Å²) in [6.45, 7) is 0. The second-order valence-electron chi connectivity index (χ2n) is 5.02. The lowest BCUT2D eigenvalue weighted by molar-refractivity contribution is -0.137. The van der Waals surface area contributed by atoms with Crippen molar-refractivity contribution in [3.8, 4) is 0 Å². The minimum Gasteiger partial charge on any atom is -0.328 e. The second kappa shape index (κ2) is 5.33. The van der Waals surface area contributed by atoms with Crippen LogP contribution in [0.25, 0.3) is 0 Å². The van der Waals surface area contributed by atoms with E-state index in [0.717, 1.165) is 6.07 Å². The number of hydrogen-bond acceptors (Lipinski definition) is 2. The van der Waals surface area contributed by atoms with Crippen molar-refractivity contribution in [3.63, 3.8) is 0 Å². The van der Waals surface area contributed by atoms with Crippen LogP contribution in [0.2, 0.25) is 0 Å². The molecular formula is C14H16F3NO. The minimum atomic E-state index is -4.49. The SMILES string of the molecule is NC1CCC(C(=O)c2ccccc2C(F)(F)F)CC1. The van der Waals surface area contributed by atoms with Gasteiger partial charge in [0.1, 0.15) is 0 Å². The highest BCUT2D eigenvalue weighted by Crippen LogP contribution is 2.35. The largest absolute Gasteiger partial charge is 0.417 e. The zero-order valence-electron chi connectivity index (χ0n) is 10.4. The van der Waals surface area contributed by atoms with Gasteiger partial charge in [0.15, 0.2) is 5.78 Å². The van der Waals surface area contributed by atoms with Crippen LogP contribution in [0, 0.1) is 5.92 Å². The summed E-state index contributed by atoms with van der Waals surface area (Å²) < 4.78 is 38.6. The predicted molar refractivity (Wildman–Crippen MR) is 65.7 cm³/mol. The smallest absolute Gasteiger partial charge is 0.328 e. The number of alkyl halides is 3. The predicted octanol–water partition coefficient (Wildman–Crippen LogP) is 3.41. The minimum absolute atomic E-state index is 0.0712. The maximum absolute atomic E-state index is 12.9. The molecule has 1 fully saturated rings. The second-order valence-corrected chi connectivity index (χ2v) is 5.02. The quantitative estimate of drug-likeness (QED) is 0.838. The normalized spacial score (nSPS) is 24.2. The summed E-state index contributed by atoms with van der Waals surface area (Å²) in [7, 11) is 0. The van der Waals surface area contributed by atoms with Crippen molar-refractivity contribution in [2.75, 3.05) is 0 Å². The number of carbonyl (C=O) groups excluding carboxylic acids is 1. The van der Waals surface area contributed by atoms with Gasteiger partial charge >= 0.3 is 6.18 Å². The maximum atomic E-state index is 12.9. The summed E-state index contributed by atoms with van der Waals surface area (Å²) in [6, 6.07) is 5.07. The third-order valence-electron chi connectivity index (χ3n) is 3.64. The first kappa shape index (κ1) is 14.1. The van der Waals surface area contributed by atoms with E-state index in [1.165, 1.54) is 18.2 Å². The molecule has 104 valence electrons. The number of ketones is 1. The Bertz CT molecular complexity index is 462. The molecular weight excluding hydrogens is 255 g/mol. The van der Waals surface area contributed by atoms with Gasteiger partial charge in [-0.15, -0.1) is 0 Å². The molecule has 2 rings (SSSR count). The van der Waals surface area contributed by atoms with Crippen LogP contribution in [0.1, 0.15) is 41.6 Å². The lowest BCUT2D eigenvalue weighted by Gasteiger charge is -2.25. The molecule has 1 aliphatic rings. The number of halogens is 3. The van der Waals surface area contributed by atoms with E-state index in [1.54, 1.807) is 0 Å². The standard InChI is InChI=1S/C14H16F3NO/c15-14(16,17)12-4-2-1-3-11(12)13(19)9-5-7-10(18)8-6-9/h1-4,9-10H,5-8,18H2. The Morgan fingerprint density at radius 2 is 1.68 bits per heavy atom. The third-order valence-corrected chi connectivity index (χ3v) is 3.64. The Morgan fingerprint density at radius 3 is 2.26 bits per heavy atom. The summed E-state index contributed by atoms with van der Waals surface area (Å²) >= 11 is 0. The molecule has 0 aromatic heterocycles. The van der Waals surface area contributed by atoms with Gasteiger partial charge in [-0.1, -0.05) is 18.2 Å². The lowest BCUT2D eigenvalue weighted by atomic mass is 9.81. The zero-order chi connectivity index (χ0) is 14.0. The van der Waals surface area contributed by atoms with E-state index in [-0.39, 0.29) is 17.5 Å². The molecule has 0 saturated heterocycles. The van der Waals surface area contributed by atoms with E-state index in [2.05, 4.69) is 0 Å². The molecule has 0 bridgehead atoms. The Kier molecular flexibility index (Phi) is 3.94. The molecule has 0 radical (unpaired) electrons. The fraction of sp³-hybridized carbons (Fsp3) is 0.500. The maximum Gasteiger partial charge on any atom is 0.417 e. The van der Waals surface area contributed by atoms with Gasteiger partial charge in [0.05, 0.1) is 5.56 Å². The Balaban J connectivity index is 2.24. The van der Waals surface area contributed by atoms with Gasteiger partial charge < -0.3 is 5.73 Å². The number of hydrogen-bond donors (Lipinski definition) is 1. The van der Waals surface area contributed by atoms with Crippen molar-refractivity contribution in [2.24, 2.45) is 11.7 Å². The molecule has 1 aliphatic carbocycles. The molecule has 0 atom stereocenters. The summed E-state index contributed by atoms with van der Waals surface area (Å²) in [6.07, 6.45) is -1.94. The van der Waals surface area contributed by atoms with Crippen LogP contribution in [0.4, 0.5) is 13.2 Å². The van der Waals surface area contributed by atoms with E-state index in [9.17, 15) is 18.0 Å². The molecule has 1 saturated carbocycles. The summed E-state index contributed by atoms with van der Waals surface area (Å²) in [5.41, 5.74) is 4.69. The van der Waals surface area contributed by atoms with Gasteiger partial charge in [0.2, 0.25) is 0 Å². The van der Waals surface area contributed by atoms with Crippen LogP contribution in [0.3, 0.4) is 0 Å². The molecule has 0 aliphatic heterocycles. The Morgan fingerprint density at radius 1 is 1.11 bits per heavy atom. The number of Topliss-reactive ketones (excluding diaryl/α,β-unsaturated/α-hetero) is 1.